The molecule has 1 fully saturated rings. The lowest BCUT2D eigenvalue weighted by molar-refractivity contribution is -0.246. The van der Waals surface area contributed by atoms with Crippen molar-refractivity contribution in [3.05, 3.63) is 34.9 Å². The smallest absolute Gasteiger partial charge is 0.315 e. The topological polar surface area (TPSA) is 98.8 Å². The molecular formula is C12H14ClNO5P+. The molecular weight excluding hydrogens is 305 g/mol. The Morgan fingerprint density at radius 1 is 1.45 bits per heavy atom. The number of rotatable bonds is 4. The van der Waals surface area contributed by atoms with Crippen LogP contribution >= 0.6 is 19.9 Å². The van der Waals surface area contributed by atoms with Crippen molar-refractivity contribution < 1.29 is 23.8 Å². The number of halogens is 1. The van der Waals surface area contributed by atoms with Crippen LogP contribution in [0.4, 0.5) is 0 Å². The third-order valence-electron chi connectivity index (χ3n) is 3.35. The van der Waals surface area contributed by atoms with Crippen LogP contribution in [-0.4, -0.2) is 16.8 Å². The van der Waals surface area contributed by atoms with Crippen molar-refractivity contribution >= 4 is 25.6 Å². The number of carbonyl (C=O) groups excluding carboxylic acids is 1. The van der Waals surface area contributed by atoms with Crippen molar-refractivity contribution in [2.24, 2.45) is 5.73 Å². The Bertz CT molecular complexity index is 540. The molecule has 108 valence electrons. The maximum Gasteiger partial charge on any atom is 0.726 e. The Balaban J connectivity index is 2.25. The fourth-order valence-electron chi connectivity index (χ4n) is 2.38. The van der Waals surface area contributed by atoms with E-state index >= 15 is 0 Å². The van der Waals surface area contributed by atoms with Gasteiger partial charge < -0.3 is 5.73 Å². The summed E-state index contributed by atoms with van der Waals surface area (Å²) in [6, 6.07) is 6.84. The molecule has 0 radical (unpaired) electrons. The Hall–Kier alpha value is -0.880. The largest absolute Gasteiger partial charge is 0.726 e. The predicted molar refractivity (Wildman–Crippen MR) is 72.0 cm³/mol. The molecule has 1 aromatic rings. The fraction of sp³-hybridized carbons (Fsp3) is 0.417. The fourth-order valence-corrected chi connectivity index (χ4v) is 2.86. The summed E-state index contributed by atoms with van der Waals surface area (Å²) in [5, 5.41) is 0.401. The first-order chi connectivity index (χ1) is 9.45. The Labute approximate surface area is 121 Å². The predicted octanol–water partition coefficient (Wildman–Crippen LogP) is 2.21. The molecule has 0 spiro atoms. The van der Waals surface area contributed by atoms with Crippen LogP contribution in [0.5, 0.6) is 0 Å². The lowest BCUT2D eigenvalue weighted by Crippen LogP contribution is -2.53. The number of Topliss-reactive ketones (excluding diaryl/α,β-unsaturated/α-hetero) is 1. The third-order valence-corrected chi connectivity index (χ3v) is 3.89. The molecule has 8 heteroatoms. The second-order valence-corrected chi connectivity index (χ2v) is 5.64. The monoisotopic (exact) mass is 318 g/mol. The lowest BCUT2D eigenvalue weighted by atomic mass is 9.75. The summed E-state index contributed by atoms with van der Waals surface area (Å²) >= 11 is 6.10. The van der Waals surface area contributed by atoms with Crippen LogP contribution in [0.3, 0.4) is 0 Å². The van der Waals surface area contributed by atoms with Gasteiger partial charge in [-0.05, 0) is 30.9 Å². The first-order valence-corrected chi connectivity index (χ1v) is 7.54. The molecule has 0 amide bonds. The molecule has 3 atom stereocenters. The van der Waals surface area contributed by atoms with E-state index in [-0.39, 0.29) is 0 Å². The second kappa shape index (κ2) is 6.26. The van der Waals surface area contributed by atoms with Crippen LogP contribution in [0.15, 0.2) is 24.3 Å². The Kier molecular flexibility index (Phi) is 4.86. The van der Waals surface area contributed by atoms with Crippen molar-refractivity contribution in [1.82, 2.24) is 0 Å². The molecule has 2 rings (SSSR count). The van der Waals surface area contributed by atoms with E-state index in [2.05, 4.69) is 4.67 Å². The number of hydrogen-bond acceptors (Lipinski definition) is 5. The average Bonchev–Trinajstić information content (AvgIpc) is 2.41. The van der Waals surface area contributed by atoms with Gasteiger partial charge in [-0.2, -0.15) is 4.89 Å². The first kappa shape index (κ1) is 15.5. The molecule has 1 aromatic carbocycles. The summed E-state index contributed by atoms with van der Waals surface area (Å²) in [5.41, 5.74) is 5.47. The molecule has 1 aliphatic carbocycles. The van der Waals surface area contributed by atoms with Gasteiger partial charge in [-0.15, -0.1) is 4.89 Å². The number of benzene rings is 1. The van der Waals surface area contributed by atoms with Gasteiger partial charge in [-0.3, -0.25) is 4.79 Å². The van der Waals surface area contributed by atoms with E-state index in [0.717, 1.165) is 0 Å². The standard InChI is InChI=1S/C12H13ClNO5P/c13-9-5-2-1-4-8(9)12(14)7-3-6-10(11(12)15)18-19-20(16)17/h1-2,4-5,10H,3,6-7,14H2/p+1/t10-,12+/m1/s1. The van der Waals surface area contributed by atoms with Gasteiger partial charge in [-0.25, -0.2) is 0 Å². The zero-order valence-electron chi connectivity index (χ0n) is 10.5. The highest BCUT2D eigenvalue weighted by molar-refractivity contribution is 7.31. The number of nitrogens with two attached hydrogens (primary N) is 1. The summed E-state index contributed by atoms with van der Waals surface area (Å²) < 4.78 is 14.6. The average molecular weight is 319 g/mol. The van der Waals surface area contributed by atoms with Crippen molar-refractivity contribution in [3.8, 4) is 0 Å². The summed E-state index contributed by atoms with van der Waals surface area (Å²) in [6.07, 6.45) is 0.451. The van der Waals surface area contributed by atoms with Gasteiger partial charge in [0.05, 0.1) is 4.67 Å². The van der Waals surface area contributed by atoms with Gasteiger partial charge in [-0.1, -0.05) is 29.8 Å². The van der Waals surface area contributed by atoms with Gasteiger partial charge in [0.1, 0.15) is 5.54 Å². The van der Waals surface area contributed by atoms with Gasteiger partial charge >= 0.3 is 8.25 Å². The highest BCUT2D eigenvalue weighted by atomic mass is 35.5. The van der Waals surface area contributed by atoms with Gasteiger partial charge in [0.2, 0.25) is 0 Å². The van der Waals surface area contributed by atoms with E-state index < -0.39 is 25.7 Å². The molecule has 20 heavy (non-hydrogen) atoms. The number of carbonyl (C=O) groups is 1. The third kappa shape index (κ3) is 3.06. The number of hydrogen-bond donors (Lipinski definition) is 2. The van der Waals surface area contributed by atoms with E-state index in [4.69, 9.17) is 27.1 Å². The molecule has 1 unspecified atom stereocenters. The highest BCUT2D eigenvalue weighted by Gasteiger charge is 2.46. The Morgan fingerprint density at radius 3 is 2.80 bits per heavy atom. The normalized spacial score (nSPS) is 27.4. The minimum atomic E-state index is -2.93. The van der Waals surface area contributed by atoms with Crippen molar-refractivity contribution in [2.45, 2.75) is 30.9 Å². The first-order valence-electron chi connectivity index (χ1n) is 6.03. The molecule has 0 bridgehead atoms. The molecule has 0 heterocycles. The minimum Gasteiger partial charge on any atom is -0.315 e. The maximum absolute atomic E-state index is 12.4. The van der Waals surface area contributed by atoms with E-state index in [1.807, 2.05) is 0 Å². The van der Waals surface area contributed by atoms with Gasteiger partial charge in [0.25, 0.3) is 0 Å². The summed E-state index contributed by atoms with van der Waals surface area (Å²) in [5.74, 6) is -0.409. The van der Waals surface area contributed by atoms with Crippen LogP contribution < -0.4 is 5.73 Å². The minimum absolute atomic E-state index is 0.380. The van der Waals surface area contributed by atoms with Crippen LogP contribution in [0.25, 0.3) is 0 Å². The molecule has 0 aliphatic heterocycles. The molecule has 3 N–H and O–H groups in total. The van der Waals surface area contributed by atoms with Gasteiger partial charge in [0, 0.05) is 9.59 Å². The quantitative estimate of drug-likeness (QED) is 0.501. The van der Waals surface area contributed by atoms with Gasteiger partial charge in [0.15, 0.2) is 11.9 Å². The lowest BCUT2D eigenvalue weighted by Gasteiger charge is -2.35. The molecule has 6 nitrogen and oxygen atoms in total. The summed E-state index contributed by atoms with van der Waals surface area (Å²) in [6.45, 7) is 0. The summed E-state index contributed by atoms with van der Waals surface area (Å²) in [4.78, 5) is 25.7. The van der Waals surface area contributed by atoms with Crippen LogP contribution in [0.2, 0.25) is 5.02 Å². The number of ketones is 1. The molecule has 1 saturated carbocycles. The maximum atomic E-state index is 12.4. The molecule has 0 saturated heterocycles. The summed E-state index contributed by atoms with van der Waals surface area (Å²) in [7, 11) is -2.93. The van der Waals surface area contributed by atoms with E-state index in [1.165, 1.54) is 0 Å². The van der Waals surface area contributed by atoms with E-state index in [9.17, 15) is 9.36 Å². The van der Waals surface area contributed by atoms with E-state index in [1.54, 1.807) is 24.3 Å². The zero-order valence-corrected chi connectivity index (χ0v) is 12.1. The van der Waals surface area contributed by atoms with E-state index in [0.29, 0.717) is 29.8 Å². The van der Waals surface area contributed by atoms with Crippen LogP contribution in [0, 0.1) is 0 Å². The highest BCUT2D eigenvalue weighted by Crippen LogP contribution is 2.37. The van der Waals surface area contributed by atoms with Crippen molar-refractivity contribution in [2.75, 3.05) is 0 Å². The molecule has 0 aromatic heterocycles. The SMILES string of the molecule is N[C@]1(c2ccccc2Cl)CCC[C@@H](OO[P+](=O)O)C1=O. The van der Waals surface area contributed by atoms with Crippen molar-refractivity contribution in [3.63, 3.8) is 0 Å². The van der Waals surface area contributed by atoms with Crippen LogP contribution in [-0.2, 0) is 24.5 Å². The van der Waals surface area contributed by atoms with Crippen LogP contribution in [0.1, 0.15) is 24.8 Å². The zero-order chi connectivity index (χ0) is 14.8. The Morgan fingerprint density at radius 2 is 2.15 bits per heavy atom. The molecule has 1 aliphatic rings. The van der Waals surface area contributed by atoms with Crippen molar-refractivity contribution in [1.29, 1.82) is 0 Å². The second-order valence-electron chi connectivity index (χ2n) is 4.60.